The average molecular weight is 243 g/mol. The van der Waals surface area contributed by atoms with Crippen LogP contribution in [-0.2, 0) is 12.8 Å². The summed E-state index contributed by atoms with van der Waals surface area (Å²) in [6, 6.07) is 8.59. The van der Waals surface area contributed by atoms with E-state index in [2.05, 4.69) is 40.7 Å². The van der Waals surface area contributed by atoms with Crippen molar-refractivity contribution < 1.29 is 0 Å². The van der Waals surface area contributed by atoms with Crippen LogP contribution in [0.5, 0.6) is 0 Å². The molecular formula is C15H21N3. The number of nitrogens with two attached hydrogens (primary N) is 1. The van der Waals surface area contributed by atoms with E-state index in [1.54, 1.807) is 0 Å². The molecule has 0 aliphatic carbocycles. The third-order valence-electron chi connectivity index (χ3n) is 2.98. The molecule has 0 aliphatic heterocycles. The van der Waals surface area contributed by atoms with Gasteiger partial charge in [0.2, 0.25) is 0 Å². The van der Waals surface area contributed by atoms with E-state index in [0.717, 1.165) is 25.1 Å². The van der Waals surface area contributed by atoms with Crippen LogP contribution in [0.3, 0.4) is 0 Å². The average Bonchev–Trinajstić information content (AvgIpc) is 2.78. The van der Waals surface area contributed by atoms with Crippen LogP contribution in [0.25, 0.3) is 5.69 Å². The molecule has 2 rings (SSSR count). The molecule has 1 aromatic carbocycles. The first-order valence-corrected chi connectivity index (χ1v) is 6.58. The van der Waals surface area contributed by atoms with Gasteiger partial charge in [-0.1, -0.05) is 25.1 Å². The molecule has 0 radical (unpaired) electrons. The molecule has 18 heavy (non-hydrogen) atoms. The van der Waals surface area contributed by atoms with E-state index in [4.69, 9.17) is 5.73 Å². The van der Waals surface area contributed by atoms with Crippen LogP contribution in [0.2, 0.25) is 0 Å². The fraction of sp³-hybridized carbons (Fsp3) is 0.400. The van der Waals surface area contributed by atoms with Crippen molar-refractivity contribution in [1.29, 1.82) is 0 Å². The third kappa shape index (κ3) is 2.79. The van der Waals surface area contributed by atoms with Gasteiger partial charge in [-0.3, -0.25) is 0 Å². The zero-order chi connectivity index (χ0) is 13.0. The van der Waals surface area contributed by atoms with Crippen LogP contribution in [0.15, 0.2) is 36.7 Å². The van der Waals surface area contributed by atoms with E-state index in [1.807, 2.05) is 19.3 Å². The van der Waals surface area contributed by atoms with Crippen LogP contribution < -0.4 is 5.73 Å². The Morgan fingerprint density at radius 3 is 2.83 bits per heavy atom. The lowest BCUT2D eigenvalue weighted by Gasteiger charge is -2.14. The Balaban J connectivity index is 2.40. The van der Waals surface area contributed by atoms with Gasteiger partial charge < -0.3 is 10.3 Å². The zero-order valence-electron chi connectivity index (χ0n) is 11.1. The lowest BCUT2D eigenvalue weighted by Crippen LogP contribution is -2.19. The molecule has 3 nitrogen and oxygen atoms in total. The topological polar surface area (TPSA) is 43.8 Å². The van der Waals surface area contributed by atoms with Gasteiger partial charge in [0.05, 0.1) is 0 Å². The minimum atomic E-state index is 0.171. The monoisotopic (exact) mass is 243 g/mol. The normalized spacial score (nSPS) is 12.6. The van der Waals surface area contributed by atoms with Crippen molar-refractivity contribution in [3.63, 3.8) is 0 Å². The summed E-state index contributed by atoms with van der Waals surface area (Å²) in [6.07, 6.45) is 6.89. The Morgan fingerprint density at radius 1 is 1.33 bits per heavy atom. The summed E-state index contributed by atoms with van der Waals surface area (Å²) in [6.45, 7) is 4.21. The van der Waals surface area contributed by atoms with Gasteiger partial charge >= 0.3 is 0 Å². The Hall–Kier alpha value is -1.61. The van der Waals surface area contributed by atoms with Crippen LogP contribution in [-0.4, -0.2) is 15.6 Å². The van der Waals surface area contributed by atoms with Crippen molar-refractivity contribution in [3.8, 4) is 5.69 Å². The molecule has 0 aliphatic rings. The third-order valence-corrected chi connectivity index (χ3v) is 2.98. The minimum Gasteiger partial charge on any atom is -0.328 e. The number of para-hydroxylation sites is 1. The summed E-state index contributed by atoms with van der Waals surface area (Å²) in [5, 5.41) is 0. The van der Waals surface area contributed by atoms with Gasteiger partial charge in [0, 0.05) is 30.5 Å². The Kier molecular flexibility index (Phi) is 4.15. The number of hydrogen-bond donors (Lipinski definition) is 1. The molecule has 2 aromatic rings. The van der Waals surface area contributed by atoms with E-state index in [0.29, 0.717) is 0 Å². The maximum atomic E-state index is 5.92. The molecule has 0 saturated carbocycles. The maximum Gasteiger partial charge on any atom is 0.113 e. The van der Waals surface area contributed by atoms with Crippen LogP contribution in [0.1, 0.15) is 31.7 Å². The molecule has 0 spiro atoms. The van der Waals surface area contributed by atoms with Gasteiger partial charge in [0.25, 0.3) is 0 Å². The summed E-state index contributed by atoms with van der Waals surface area (Å²) in [5.41, 5.74) is 8.40. The van der Waals surface area contributed by atoms with Gasteiger partial charge in [-0.05, 0) is 31.4 Å². The maximum absolute atomic E-state index is 5.92. The first-order chi connectivity index (χ1) is 8.72. The lowest BCUT2D eigenvalue weighted by molar-refractivity contribution is 0.728. The van der Waals surface area contributed by atoms with Gasteiger partial charge in [-0.25, -0.2) is 4.98 Å². The van der Waals surface area contributed by atoms with E-state index < -0.39 is 0 Å². The van der Waals surface area contributed by atoms with Crippen LogP contribution in [0, 0.1) is 0 Å². The minimum absolute atomic E-state index is 0.171. The number of aromatic nitrogens is 2. The SMILES string of the molecule is CCCc1nccn1-c1ccccc1CC(C)N. The second kappa shape index (κ2) is 5.83. The van der Waals surface area contributed by atoms with Crippen LogP contribution in [0.4, 0.5) is 0 Å². The summed E-state index contributed by atoms with van der Waals surface area (Å²) in [7, 11) is 0. The molecule has 1 aromatic heterocycles. The Morgan fingerprint density at radius 2 is 2.11 bits per heavy atom. The summed E-state index contributed by atoms with van der Waals surface area (Å²) < 4.78 is 2.18. The van der Waals surface area contributed by atoms with Gasteiger partial charge in [-0.2, -0.15) is 0 Å². The number of hydrogen-bond acceptors (Lipinski definition) is 2. The molecule has 2 N–H and O–H groups in total. The van der Waals surface area contributed by atoms with Gasteiger partial charge in [-0.15, -0.1) is 0 Å². The van der Waals surface area contributed by atoms with Crippen molar-refractivity contribution in [2.45, 2.75) is 39.2 Å². The number of nitrogens with zero attached hydrogens (tertiary/aromatic N) is 2. The second-order valence-corrected chi connectivity index (χ2v) is 4.77. The largest absolute Gasteiger partial charge is 0.328 e. The predicted molar refractivity (Wildman–Crippen MR) is 74.9 cm³/mol. The quantitative estimate of drug-likeness (QED) is 0.877. The fourth-order valence-electron chi connectivity index (χ4n) is 2.23. The first-order valence-electron chi connectivity index (χ1n) is 6.58. The van der Waals surface area contributed by atoms with Crippen molar-refractivity contribution in [3.05, 3.63) is 48.0 Å². The molecule has 1 heterocycles. The number of rotatable bonds is 5. The molecule has 0 fully saturated rings. The smallest absolute Gasteiger partial charge is 0.113 e. The highest BCUT2D eigenvalue weighted by Gasteiger charge is 2.09. The highest BCUT2D eigenvalue weighted by molar-refractivity contribution is 5.42. The fourth-order valence-corrected chi connectivity index (χ4v) is 2.23. The molecule has 3 heteroatoms. The summed E-state index contributed by atoms with van der Waals surface area (Å²) in [5.74, 6) is 1.12. The Bertz CT molecular complexity index is 500. The highest BCUT2D eigenvalue weighted by Crippen LogP contribution is 2.18. The second-order valence-electron chi connectivity index (χ2n) is 4.77. The van der Waals surface area contributed by atoms with Crippen LogP contribution >= 0.6 is 0 Å². The van der Waals surface area contributed by atoms with Crippen molar-refractivity contribution in [2.24, 2.45) is 5.73 Å². The summed E-state index contributed by atoms with van der Waals surface area (Å²) in [4.78, 5) is 4.43. The number of imidazole rings is 1. The van der Waals surface area contributed by atoms with E-state index in [1.165, 1.54) is 11.3 Å². The standard InChI is InChI=1S/C15H21N3/c1-3-6-15-17-9-10-18(15)14-8-5-4-7-13(14)11-12(2)16/h4-5,7-10,12H,3,6,11,16H2,1-2H3. The van der Waals surface area contributed by atoms with Gasteiger partial charge in [0.1, 0.15) is 5.82 Å². The summed E-state index contributed by atoms with van der Waals surface area (Å²) >= 11 is 0. The van der Waals surface area contributed by atoms with Crippen molar-refractivity contribution >= 4 is 0 Å². The number of aryl methyl sites for hydroxylation is 1. The molecule has 96 valence electrons. The molecule has 0 amide bonds. The van der Waals surface area contributed by atoms with E-state index >= 15 is 0 Å². The number of benzene rings is 1. The van der Waals surface area contributed by atoms with E-state index in [9.17, 15) is 0 Å². The molecular weight excluding hydrogens is 222 g/mol. The molecule has 0 bridgehead atoms. The highest BCUT2D eigenvalue weighted by atomic mass is 15.1. The lowest BCUT2D eigenvalue weighted by atomic mass is 10.1. The van der Waals surface area contributed by atoms with E-state index in [-0.39, 0.29) is 6.04 Å². The first kappa shape index (κ1) is 12.8. The molecule has 0 saturated heterocycles. The van der Waals surface area contributed by atoms with Gasteiger partial charge in [0.15, 0.2) is 0 Å². The molecule has 1 atom stereocenters. The van der Waals surface area contributed by atoms with Crippen molar-refractivity contribution in [1.82, 2.24) is 9.55 Å². The zero-order valence-corrected chi connectivity index (χ0v) is 11.1. The molecule has 1 unspecified atom stereocenters. The Labute approximate surface area is 109 Å². The van der Waals surface area contributed by atoms with Crippen molar-refractivity contribution in [2.75, 3.05) is 0 Å². The predicted octanol–water partition coefficient (Wildman–Crippen LogP) is 2.71.